The first-order valence-electron chi connectivity index (χ1n) is 6.52. The molecule has 5 heteroatoms. The Labute approximate surface area is 113 Å². The van der Waals surface area contributed by atoms with E-state index in [1.807, 2.05) is 6.92 Å². The number of phenols is 1. The Morgan fingerprint density at radius 1 is 1.42 bits per heavy atom. The second kappa shape index (κ2) is 8.50. The van der Waals surface area contributed by atoms with Crippen LogP contribution in [0.1, 0.15) is 18.9 Å². The van der Waals surface area contributed by atoms with Crippen molar-refractivity contribution in [1.29, 1.82) is 0 Å². The summed E-state index contributed by atoms with van der Waals surface area (Å²) < 4.78 is 5.18. The van der Waals surface area contributed by atoms with Crippen molar-refractivity contribution >= 4 is 5.91 Å². The number of phenolic OH excluding ortho intramolecular Hbond substituents is 1. The second-order valence-electron chi connectivity index (χ2n) is 4.32. The van der Waals surface area contributed by atoms with E-state index in [4.69, 9.17) is 15.6 Å². The zero-order valence-electron chi connectivity index (χ0n) is 11.3. The number of rotatable bonds is 8. The van der Waals surface area contributed by atoms with Crippen LogP contribution in [0, 0.1) is 0 Å². The average Bonchev–Trinajstić information content (AvgIpc) is 2.41. The molecule has 1 unspecified atom stereocenters. The fourth-order valence-corrected chi connectivity index (χ4v) is 1.64. The summed E-state index contributed by atoms with van der Waals surface area (Å²) >= 11 is 0. The highest BCUT2D eigenvalue weighted by Crippen LogP contribution is 2.10. The van der Waals surface area contributed by atoms with Crippen LogP contribution in [0.2, 0.25) is 0 Å². The SMILES string of the molecule is CCOCCCNC(=O)C(N)Cc1ccc(O)cc1. The molecule has 1 aromatic carbocycles. The summed E-state index contributed by atoms with van der Waals surface area (Å²) in [5.74, 6) is 0.0438. The summed E-state index contributed by atoms with van der Waals surface area (Å²) in [4.78, 5) is 11.7. The molecule has 0 aromatic heterocycles. The Morgan fingerprint density at radius 2 is 2.11 bits per heavy atom. The first kappa shape index (κ1) is 15.5. The maximum absolute atomic E-state index is 11.7. The fraction of sp³-hybridized carbons (Fsp3) is 0.500. The maximum Gasteiger partial charge on any atom is 0.237 e. The third-order valence-electron chi connectivity index (χ3n) is 2.70. The highest BCUT2D eigenvalue weighted by molar-refractivity contribution is 5.81. The van der Waals surface area contributed by atoms with Gasteiger partial charge in [-0.05, 0) is 37.5 Å². The molecular weight excluding hydrogens is 244 g/mol. The maximum atomic E-state index is 11.7. The molecule has 1 amide bonds. The van der Waals surface area contributed by atoms with E-state index in [0.717, 1.165) is 12.0 Å². The Bertz CT molecular complexity index is 379. The predicted octanol–water partition coefficient (Wildman–Crippen LogP) is 0.805. The molecule has 0 aliphatic carbocycles. The number of nitrogens with one attached hydrogen (secondary N) is 1. The van der Waals surface area contributed by atoms with Crippen LogP contribution in [0.4, 0.5) is 0 Å². The number of carbonyl (C=O) groups is 1. The molecule has 0 spiro atoms. The number of benzene rings is 1. The lowest BCUT2D eigenvalue weighted by molar-refractivity contribution is -0.122. The van der Waals surface area contributed by atoms with Gasteiger partial charge in [0.1, 0.15) is 5.75 Å². The van der Waals surface area contributed by atoms with E-state index in [-0.39, 0.29) is 11.7 Å². The molecule has 0 saturated heterocycles. The lowest BCUT2D eigenvalue weighted by atomic mass is 10.1. The average molecular weight is 266 g/mol. The van der Waals surface area contributed by atoms with E-state index in [2.05, 4.69) is 5.32 Å². The zero-order chi connectivity index (χ0) is 14.1. The van der Waals surface area contributed by atoms with Gasteiger partial charge in [-0.1, -0.05) is 12.1 Å². The van der Waals surface area contributed by atoms with Crippen molar-refractivity contribution in [2.24, 2.45) is 5.73 Å². The van der Waals surface area contributed by atoms with Crippen LogP contribution in [-0.2, 0) is 16.0 Å². The number of hydrogen-bond donors (Lipinski definition) is 3. The van der Waals surface area contributed by atoms with Crippen molar-refractivity contribution < 1.29 is 14.6 Å². The third kappa shape index (κ3) is 6.22. The van der Waals surface area contributed by atoms with Gasteiger partial charge in [0.2, 0.25) is 5.91 Å². The van der Waals surface area contributed by atoms with Crippen molar-refractivity contribution in [2.45, 2.75) is 25.8 Å². The van der Waals surface area contributed by atoms with Gasteiger partial charge in [-0.15, -0.1) is 0 Å². The number of nitrogens with two attached hydrogens (primary N) is 1. The smallest absolute Gasteiger partial charge is 0.237 e. The van der Waals surface area contributed by atoms with Crippen LogP contribution in [-0.4, -0.2) is 36.8 Å². The third-order valence-corrected chi connectivity index (χ3v) is 2.70. The van der Waals surface area contributed by atoms with Gasteiger partial charge in [0.05, 0.1) is 6.04 Å². The topological polar surface area (TPSA) is 84.6 Å². The molecule has 0 saturated carbocycles. The second-order valence-corrected chi connectivity index (χ2v) is 4.32. The van der Waals surface area contributed by atoms with E-state index in [0.29, 0.717) is 26.2 Å². The minimum absolute atomic E-state index is 0.162. The molecule has 0 aliphatic heterocycles. The van der Waals surface area contributed by atoms with E-state index >= 15 is 0 Å². The Kier molecular flexibility index (Phi) is 6.92. The molecule has 1 rings (SSSR count). The van der Waals surface area contributed by atoms with Crippen LogP contribution >= 0.6 is 0 Å². The van der Waals surface area contributed by atoms with Crippen LogP contribution in [0.3, 0.4) is 0 Å². The van der Waals surface area contributed by atoms with Crippen molar-refractivity contribution in [1.82, 2.24) is 5.32 Å². The Hall–Kier alpha value is -1.59. The molecule has 19 heavy (non-hydrogen) atoms. The highest BCUT2D eigenvalue weighted by Gasteiger charge is 2.13. The summed E-state index contributed by atoms with van der Waals surface area (Å²) in [7, 11) is 0. The van der Waals surface area contributed by atoms with E-state index in [1.54, 1.807) is 24.3 Å². The van der Waals surface area contributed by atoms with Gasteiger partial charge >= 0.3 is 0 Å². The molecule has 1 aromatic rings. The first-order chi connectivity index (χ1) is 9.13. The summed E-state index contributed by atoms with van der Waals surface area (Å²) in [6.07, 6.45) is 1.24. The summed E-state index contributed by atoms with van der Waals surface area (Å²) in [6, 6.07) is 6.12. The Balaban J connectivity index is 2.26. The van der Waals surface area contributed by atoms with Gasteiger partial charge < -0.3 is 20.9 Å². The number of hydrogen-bond acceptors (Lipinski definition) is 4. The van der Waals surface area contributed by atoms with Gasteiger partial charge in [0, 0.05) is 19.8 Å². The largest absolute Gasteiger partial charge is 0.508 e. The Morgan fingerprint density at radius 3 is 2.74 bits per heavy atom. The molecule has 4 N–H and O–H groups in total. The van der Waals surface area contributed by atoms with Crippen molar-refractivity contribution in [3.05, 3.63) is 29.8 Å². The van der Waals surface area contributed by atoms with E-state index in [9.17, 15) is 4.79 Å². The van der Waals surface area contributed by atoms with Crippen molar-refractivity contribution in [3.63, 3.8) is 0 Å². The fourth-order valence-electron chi connectivity index (χ4n) is 1.64. The zero-order valence-corrected chi connectivity index (χ0v) is 11.3. The number of carbonyl (C=O) groups excluding carboxylic acids is 1. The molecule has 1 atom stereocenters. The standard InChI is InChI=1S/C14H22N2O3/c1-2-19-9-3-8-16-14(18)13(15)10-11-4-6-12(17)7-5-11/h4-7,13,17H,2-3,8-10,15H2,1H3,(H,16,18). The van der Waals surface area contributed by atoms with Crippen LogP contribution in [0.15, 0.2) is 24.3 Å². The minimum Gasteiger partial charge on any atom is -0.508 e. The van der Waals surface area contributed by atoms with E-state index in [1.165, 1.54) is 0 Å². The summed E-state index contributed by atoms with van der Waals surface area (Å²) in [5, 5.41) is 11.9. The molecule has 0 heterocycles. The van der Waals surface area contributed by atoms with Crippen molar-refractivity contribution in [2.75, 3.05) is 19.8 Å². The lowest BCUT2D eigenvalue weighted by Gasteiger charge is -2.12. The summed E-state index contributed by atoms with van der Waals surface area (Å²) in [6.45, 7) is 3.84. The van der Waals surface area contributed by atoms with Crippen molar-refractivity contribution in [3.8, 4) is 5.75 Å². The first-order valence-corrected chi connectivity index (χ1v) is 6.52. The minimum atomic E-state index is -0.573. The molecule has 106 valence electrons. The summed E-state index contributed by atoms with van der Waals surface area (Å²) in [5.41, 5.74) is 6.75. The van der Waals surface area contributed by atoms with Gasteiger partial charge in [-0.3, -0.25) is 4.79 Å². The molecular formula is C14H22N2O3. The molecule has 0 fully saturated rings. The predicted molar refractivity (Wildman–Crippen MR) is 73.9 cm³/mol. The lowest BCUT2D eigenvalue weighted by Crippen LogP contribution is -2.42. The molecule has 5 nitrogen and oxygen atoms in total. The van der Waals surface area contributed by atoms with Gasteiger partial charge in [-0.2, -0.15) is 0 Å². The number of aromatic hydroxyl groups is 1. The number of amides is 1. The normalized spacial score (nSPS) is 12.1. The molecule has 0 bridgehead atoms. The van der Waals surface area contributed by atoms with Crippen LogP contribution < -0.4 is 11.1 Å². The van der Waals surface area contributed by atoms with Crippen LogP contribution in [0.25, 0.3) is 0 Å². The molecule has 0 radical (unpaired) electrons. The number of ether oxygens (including phenoxy) is 1. The quantitative estimate of drug-likeness (QED) is 0.608. The monoisotopic (exact) mass is 266 g/mol. The van der Waals surface area contributed by atoms with Gasteiger partial charge in [0.15, 0.2) is 0 Å². The van der Waals surface area contributed by atoms with Gasteiger partial charge in [0.25, 0.3) is 0 Å². The molecule has 0 aliphatic rings. The van der Waals surface area contributed by atoms with Gasteiger partial charge in [-0.25, -0.2) is 0 Å². The highest BCUT2D eigenvalue weighted by atomic mass is 16.5. The van der Waals surface area contributed by atoms with Crippen LogP contribution in [0.5, 0.6) is 5.75 Å². The van der Waals surface area contributed by atoms with E-state index < -0.39 is 6.04 Å².